The van der Waals surface area contributed by atoms with Gasteiger partial charge in [0.1, 0.15) is 0 Å². The first kappa shape index (κ1) is 14.5. The van der Waals surface area contributed by atoms with Gasteiger partial charge in [-0.15, -0.1) is 0 Å². The Balaban J connectivity index is 2.64. The largest absolute Gasteiger partial charge is 0.481 e. The summed E-state index contributed by atoms with van der Waals surface area (Å²) in [7, 11) is 0. The molecule has 0 bridgehead atoms. The standard InChI is InChI=1S/C12H20N2O4/c1-2-14(7-10(13)15)11(16)8-4-3-5-9(6-8)12(17)18/h8-9H,2-7H2,1H3,(H2,13,15)(H,17,18). The molecule has 0 aromatic carbocycles. The lowest BCUT2D eigenvalue weighted by Crippen LogP contribution is -2.43. The lowest BCUT2D eigenvalue weighted by atomic mass is 9.80. The van der Waals surface area contributed by atoms with Crippen molar-refractivity contribution in [2.24, 2.45) is 17.6 Å². The van der Waals surface area contributed by atoms with Crippen LogP contribution in [-0.4, -0.2) is 40.9 Å². The molecule has 0 aromatic heterocycles. The number of hydrogen-bond acceptors (Lipinski definition) is 3. The molecule has 1 aliphatic rings. The molecule has 0 aromatic rings. The van der Waals surface area contributed by atoms with Gasteiger partial charge in [0.15, 0.2) is 0 Å². The molecular weight excluding hydrogens is 236 g/mol. The Morgan fingerprint density at radius 3 is 2.39 bits per heavy atom. The second kappa shape index (κ2) is 6.37. The molecule has 0 aliphatic heterocycles. The van der Waals surface area contributed by atoms with E-state index in [9.17, 15) is 14.4 Å². The van der Waals surface area contributed by atoms with E-state index in [1.54, 1.807) is 6.92 Å². The summed E-state index contributed by atoms with van der Waals surface area (Å²) < 4.78 is 0. The van der Waals surface area contributed by atoms with Gasteiger partial charge in [0.05, 0.1) is 12.5 Å². The van der Waals surface area contributed by atoms with Crippen LogP contribution in [0.2, 0.25) is 0 Å². The Morgan fingerprint density at radius 2 is 1.89 bits per heavy atom. The molecule has 6 nitrogen and oxygen atoms in total. The summed E-state index contributed by atoms with van der Waals surface area (Å²) in [6, 6.07) is 0. The van der Waals surface area contributed by atoms with Gasteiger partial charge in [-0.25, -0.2) is 0 Å². The third kappa shape index (κ3) is 3.72. The molecule has 0 spiro atoms. The zero-order valence-corrected chi connectivity index (χ0v) is 10.6. The van der Waals surface area contributed by atoms with Gasteiger partial charge in [-0.3, -0.25) is 14.4 Å². The number of aliphatic carboxylic acids is 1. The van der Waals surface area contributed by atoms with Crippen LogP contribution in [0.5, 0.6) is 0 Å². The van der Waals surface area contributed by atoms with E-state index in [0.29, 0.717) is 25.8 Å². The summed E-state index contributed by atoms with van der Waals surface area (Å²) in [6.45, 7) is 2.10. The lowest BCUT2D eigenvalue weighted by molar-refractivity contribution is -0.146. The van der Waals surface area contributed by atoms with E-state index >= 15 is 0 Å². The molecule has 18 heavy (non-hydrogen) atoms. The van der Waals surface area contributed by atoms with Crippen molar-refractivity contribution in [3.63, 3.8) is 0 Å². The topological polar surface area (TPSA) is 101 Å². The Morgan fingerprint density at radius 1 is 1.28 bits per heavy atom. The number of rotatable bonds is 5. The molecule has 1 rings (SSSR count). The van der Waals surface area contributed by atoms with Crippen LogP contribution in [0, 0.1) is 11.8 Å². The maximum Gasteiger partial charge on any atom is 0.306 e. The maximum absolute atomic E-state index is 12.2. The Kier molecular flexibility index (Phi) is 5.12. The molecule has 1 saturated carbocycles. The zero-order valence-electron chi connectivity index (χ0n) is 10.6. The first-order chi connectivity index (χ1) is 8.45. The number of primary amides is 1. The van der Waals surface area contributed by atoms with Crippen LogP contribution < -0.4 is 5.73 Å². The van der Waals surface area contributed by atoms with Crippen LogP contribution in [0.3, 0.4) is 0 Å². The van der Waals surface area contributed by atoms with Crippen LogP contribution in [0.1, 0.15) is 32.6 Å². The average molecular weight is 256 g/mol. The third-order valence-electron chi connectivity index (χ3n) is 3.41. The maximum atomic E-state index is 12.2. The molecule has 0 saturated heterocycles. The number of carbonyl (C=O) groups is 3. The molecular formula is C12H20N2O4. The monoisotopic (exact) mass is 256 g/mol. The van der Waals surface area contributed by atoms with Crippen molar-refractivity contribution in [3.8, 4) is 0 Å². The van der Waals surface area contributed by atoms with Crippen LogP contribution in [-0.2, 0) is 14.4 Å². The minimum atomic E-state index is -0.842. The van der Waals surface area contributed by atoms with Gasteiger partial charge in [0.25, 0.3) is 0 Å². The fourth-order valence-corrected chi connectivity index (χ4v) is 2.43. The number of amides is 2. The highest BCUT2D eigenvalue weighted by Crippen LogP contribution is 2.30. The smallest absolute Gasteiger partial charge is 0.306 e. The number of likely N-dealkylation sites (N-methyl/N-ethyl adjacent to an activating group) is 1. The highest BCUT2D eigenvalue weighted by atomic mass is 16.4. The molecule has 0 radical (unpaired) electrons. The molecule has 2 amide bonds. The van der Waals surface area contributed by atoms with Crippen LogP contribution >= 0.6 is 0 Å². The first-order valence-corrected chi connectivity index (χ1v) is 6.25. The van der Waals surface area contributed by atoms with Gasteiger partial charge in [-0.1, -0.05) is 6.42 Å². The van der Waals surface area contributed by atoms with Gasteiger partial charge in [-0.2, -0.15) is 0 Å². The van der Waals surface area contributed by atoms with Crippen molar-refractivity contribution in [2.45, 2.75) is 32.6 Å². The average Bonchev–Trinajstić information content (AvgIpc) is 2.35. The summed E-state index contributed by atoms with van der Waals surface area (Å²) in [4.78, 5) is 35.4. The van der Waals surface area contributed by atoms with Crippen molar-refractivity contribution in [2.75, 3.05) is 13.1 Å². The van der Waals surface area contributed by atoms with E-state index in [1.807, 2.05) is 0 Å². The van der Waals surface area contributed by atoms with E-state index in [4.69, 9.17) is 10.8 Å². The normalized spacial score (nSPS) is 23.4. The van der Waals surface area contributed by atoms with Gasteiger partial charge in [0, 0.05) is 12.5 Å². The van der Waals surface area contributed by atoms with Crippen LogP contribution in [0.15, 0.2) is 0 Å². The third-order valence-corrected chi connectivity index (χ3v) is 3.41. The second-order valence-electron chi connectivity index (χ2n) is 4.72. The second-order valence-corrected chi connectivity index (χ2v) is 4.72. The number of carboxylic acids is 1. The lowest BCUT2D eigenvalue weighted by Gasteiger charge is -2.30. The SMILES string of the molecule is CCN(CC(N)=O)C(=O)C1CCCC(C(=O)O)C1. The van der Waals surface area contributed by atoms with Gasteiger partial charge in [-0.05, 0) is 26.2 Å². The van der Waals surface area contributed by atoms with Crippen molar-refractivity contribution >= 4 is 17.8 Å². The number of nitrogens with two attached hydrogens (primary N) is 1. The first-order valence-electron chi connectivity index (χ1n) is 6.25. The molecule has 6 heteroatoms. The van der Waals surface area contributed by atoms with E-state index < -0.39 is 17.8 Å². The zero-order chi connectivity index (χ0) is 13.7. The number of nitrogens with zero attached hydrogens (tertiary/aromatic N) is 1. The quantitative estimate of drug-likeness (QED) is 0.734. The Bertz CT molecular complexity index is 343. The summed E-state index contributed by atoms with van der Waals surface area (Å²) in [5, 5.41) is 8.98. The van der Waals surface area contributed by atoms with E-state index in [-0.39, 0.29) is 18.4 Å². The Hall–Kier alpha value is -1.59. The molecule has 102 valence electrons. The van der Waals surface area contributed by atoms with E-state index in [1.165, 1.54) is 4.90 Å². The fourth-order valence-electron chi connectivity index (χ4n) is 2.43. The predicted octanol–water partition coefficient (Wildman–Crippen LogP) is 0.211. The minimum absolute atomic E-state index is 0.0937. The molecule has 3 N–H and O–H groups in total. The van der Waals surface area contributed by atoms with Crippen molar-refractivity contribution in [1.29, 1.82) is 0 Å². The van der Waals surface area contributed by atoms with Crippen molar-refractivity contribution in [1.82, 2.24) is 4.90 Å². The highest BCUT2D eigenvalue weighted by molar-refractivity contribution is 5.85. The number of hydrogen-bond donors (Lipinski definition) is 2. The van der Waals surface area contributed by atoms with Crippen LogP contribution in [0.4, 0.5) is 0 Å². The number of carboxylic acid groups (broad SMARTS) is 1. The van der Waals surface area contributed by atoms with Gasteiger partial charge >= 0.3 is 5.97 Å². The van der Waals surface area contributed by atoms with Crippen LogP contribution in [0.25, 0.3) is 0 Å². The van der Waals surface area contributed by atoms with Gasteiger partial charge < -0.3 is 15.7 Å². The van der Waals surface area contributed by atoms with E-state index in [0.717, 1.165) is 6.42 Å². The predicted molar refractivity (Wildman–Crippen MR) is 64.5 cm³/mol. The molecule has 2 atom stereocenters. The summed E-state index contributed by atoms with van der Waals surface area (Å²) in [5.74, 6) is -2.28. The fraction of sp³-hybridized carbons (Fsp3) is 0.750. The molecule has 2 unspecified atom stereocenters. The molecule has 1 aliphatic carbocycles. The van der Waals surface area contributed by atoms with E-state index in [2.05, 4.69) is 0 Å². The Labute approximate surface area is 106 Å². The highest BCUT2D eigenvalue weighted by Gasteiger charge is 2.33. The summed E-state index contributed by atoms with van der Waals surface area (Å²) in [6.07, 6.45) is 2.42. The summed E-state index contributed by atoms with van der Waals surface area (Å²) in [5.41, 5.74) is 5.08. The number of carbonyl (C=O) groups excluding carboxylic acids is 2. The van der Waals surface area contributed by atoms with Crippen molar-refractivity contribution < 1.29 is 19.5 Å². The minimum Gasteiger partial charge on any atom is -0.481 e. The van der Waals surface area contributed by atoms with Gasteiger partial charge in [0.2, 0.25) is 11.8 Å². The molecule has 1 fully saturated rings. The molecule has 0 heterocycles. The van der Waals surface area contributed by atoms with Crippen molar-refractivity contribution in [3.05, 3.63) is 0 Å². The summed E-state index contributed by atoms with van der Waals surface area (Å²) >= 11 is 0.